The van der Waals surface area contributed by atoms with Crippen molar-refractivity contribution in [1.29, 1.82) is 0 Å². The van der Waals surface area contributed by atoms with Gasteiger partial charge in [0.1, 0.15) is 0 Å². The molecule has 2 aromatic carbocycles. The van der Waals surface area contributed by atoms with Gasteiger partial charge in [-0.3, -0.25) is 0 Å². The normalized spacial score (nSPS) is 10.3. The highest BCUT2D eigenvalue weighted by Crippen LogP contribution is 2.23. The van der Waals surface area contributed by atoms with Crippen molar-refractivity contribution in [3.05, 3.63) is 58.1 Å². The van der Waals surface area contributed by atoms with Gasteiger partial charge in [-0.25, -0.2) is 0 Å². The minimum Gasteiger partial charge on any atom is -0.0563 e. The summed E-state index contributed by atoms with van der Waals surface area (Å²) in [6.07, 6.45) is 0. The van der Waals surface area contributed by atoms with E-state index >= 15 is 0 Å². The Labute approximate surface area is 99.1 Å². The summed E-state index contributed by atoms with van der Waals surface area (Å²) in [5, 5.41) is 0. The molecule has 0 aliphatic carbocycles. The van der Waals surface area contributed by atoms with Crippen molar-refractivity contribution < 1.29 is 0 Å². The Balaban J connectivity index is 2.49. The fraction of sp³-hybridized carbons (Fsp3) is 0.143. The quantitative estimate of drug-likeness (QED) is 0.696. The van der Waals surface area contributed by atoms with Crippen molar-refractivity contribution in [2.45, 2.75) is 13.8 Å². The summed E-state index contributed by atoms with van der Waals surface area (Å²) >= 11 is 3.45. The summed E-state index contributed by atoms with van der Waals surface area (Å²) in [6, 6.07) is 15.1. The van der Waals surface area contributed by atoms with Gasteiger partial charge in [-0.1, -0.05) is 57.4 Å². The van der Waals surface area contributed by atoms with E-state index in [4.69, 9.17) is 0 Å². The zero-order valence-corrected chi connectivity index (χ0v) is 10.5. The first-order valence-electron chi connectivity index (χ1n) is 4.99. The summed E-state index contributed by atoms with van der Waals surface area (Å²) in [6.45, 7) is 4.27. The predicted octanol–water partition coefficient (Wildman–Crippen LogP) is 4.73. The number of rotatable bonds is 1. The molecule has 0 saturated carbocycles. The molecule has 1 heteroatoms. The maximum Gasteiger partial charge on any atom is 0.0175 e. The second-order valence-electron chi connectivity index (χ2n) is 3.88. The minimum atomic E-state index is 1.12. The monoisotopic (exact) mass is 260 g/mol. The van der Waals surface area contributed by atoms with Gasteiger partial charge >= 0.3 is 0 Å². The van der Waals surface area contributed by atoms with Gasteiger partial charge in [-0.15, -0.1) is 0 Å². The second-order valence-corrected chi connectivity index (χ2v) is 4.80. The maximum atomic E-state index is 3.45. The van der Waals surface area contributed by atoms with Crippen molar-refractivity contribution in [3.63, 3.8) is 0 Å². The number of hydrogen-bond acceptors (Lipinski definition) is 0. The molecule has 0 unspecified atom stereocenters. The Kier molecular flexibility index (Phi) is 2.92. The number of hydrogen-bond donors (Lipinski definition) is 0. The molecule has 0 spiro atoms. The molecular weight excluding hydrogens is 248 g/mol. The third-order valence-corrected chi connectivity index (χ3v) is 2.93. The van der Waals surface area contributed by atoms with Crippen molar-refractivity contribution in [2.75, 3.05) is 0 Å². The van der Waals surface area contributed by atoms with E-state index in [2.05, 4.69) is 72.2 Å². The molecule has 0 nitrogen and oxygen atoms in total. The first-order valence-corrected chi connectivity index (χ1v) is 5.79. The molecule has 2 rings (SSSR count). The van der Waals surface area contributed by atoms with E-state index in [1.54, 1.807) is 0 Å². The fourth-order valence-corrected chi connectivity index (χ4v) is 2.05. The summed E-state index contributed by atoms with van der Waals surface area (Å²) in [4.78, 5) is 0. The van der Waals surface area contributed by atoms with Gasteiger partial charge in [-0.2, -0.15) is 0 Å². The van der Waals surface area contributed by atoms with Crippen molar-refractivity contribution in [2.24, 2.45) is 0 Å². The Bertz CT molecular complexity index is 449. The van der Waals surface area contributed by atoms with E-state index in [0.29, 0.717) is 0 Å². The standard InChI is InChI=1S/C14H13Br/c1-10-7-11(2)9-13(8-10)12-3-5-14(15)6-4-12/h3-9H,1-2H3. The average molecular weight is 261 g/mol. The van der Waals surface area contributed by atoms with Gasteiger partial charge in [0.25, 0.3) is 0 Å². The van der Waals surface area contributed by atoms with Gasteiger partial charge in [0.05, 0.1) is 0 Å². The van der Waals surface area contributed by atoms with E-state index in [1.807, 2.05) is 0 Å². The SMILES string of the molecule is Cc1cc(C)cc(-c2ccc(Br)cc2)c1. The largest absolute Gasteiger partial charge is 0.0563 e. The smallest absolute Gasteiger partial charge is 0.0175 e. The lowest BCUT2D eigenvalue weighted by atomic mass is 10.0. The average Bonchev–Trinajstić information content (AvgIpc) is 2.17. The lowest BCUT2D eigenvalue weighted by Crippen LogP contribution is -1.82. The molecule has 0 heterocycles. The molecule has 0 aliphatic heterocycles. The van der Waals surface area contributed by atoms with E-state index in [0.717, 1.165) is 4.47 Å². The Morgan fingerprint density at radius 2 is 1.27 bits per heavy atom. The Morgan fingerprint density at radius 1 is 0.733 bits per heavy atom. The van der Waals surface area contributed by atoms with Crippen LogP contribution in [0, 0.1) is 13.8 Å². The van der Waals surface area contributed by atoms with Gasteiger partial charge in [-0.05, 0) is 37.1 Å². The van der Waals surface area contributed by atoms with Crippen LogP contribution in [0.4, 0.5) is 0 Å². The van der Waals surface area contributed by atoms with Crippen LogP contribution in [0.5, 0.6) is 0 Å². The van der Waals surface area contributed by atoms with Gasteiger partial charge in [0.15, 0.2) is 0 Å². The third kappa shape index (κ3) is 2.48. The highest BCUT2D eigenvalue weighted by molar-refractivity contribution is 9.10. The molecule has 76 valence electrons. The molecule has 0 radical (unpaired) electrons. The Hall–Kier alpha value is -1.08. The highest BCUT2D eigenvalue weighted by atomic mass is 79.9. The van der Waals surface area contributed by atoms with Crippen LogP contribution in [0.3, 0.4) is 0 Å². The lowest BCUT2D eigenvalue weighted by molar-refractivity contribution is 1.38. The van der Waals surface area contributed by atoms with Crippen LogP contribution >= 0.6 is 15.9 Å². The molecule has 0 bridgehead atoms. The summed E-state index contributed by atoms with van der Waals surface area (Å²) in [5.41, 5.74) is 5.19. The molecule has 0 fully saturated rings. The van der Waals surface area contributed by atoms with Crippen molar-refractivity contribution in [3.8, 4) is 11.1 Å². The van der Waals surface area contributed by atoms with Crippen molar-refractivity contribution in [1.82, 2.24) is 0 Å². The molecule has 2 aromatic rings. The Morgan fingerprint density at radius 3 is 1.80 bits per heavy atom. The van der Waals surface area contributed by atoms with Crippen LogP contribution in [-0.4, -0.2) is 0 Å². The highest BCUT2D eigenvalue weighted by Gasteiger charge is 1.99. The van der Waals surface area contributed by atoms with Crippen molar-refractivity contribution >= 4 is 15.9 Å². The van der Waals surface area contributed by atoms with Crippen LogP contribution in [0.15, 0.2) is 46.9 Å². The van der Waals surface area contributed by atoms with Crippen LogP contribution in [-0.2, 0) is 0 Å². The molecule has 0 atom stereocenters. The molecule has 0 amide bonds. The summed E-state index contributed by atoms with van der Waals surface area (Å²) in [7, 11) is 0. The fourth-order valence-electron chi connectivity index (χ4n) is 1.78. The van der Waals surface area contributed by atoms with Crippen LogP contribution in [0.2, 0.25) is 0 Å². The zero-order chi connectivity index (χ0) is 10.8. The van der Waals surface area contributed by atoms with E-state index in [-0.39, 0.29) is 0 Å². The summed E-state index contributed by atoms with van der Waals surface area (Å²) in [5.74, 6) is 0. The zero-order valence-electron chi connectivity index (χ0n) is 8.92. The lowest BCUT2D eigenvalue weighted by Gasteiger charge is -2.05. The predicted molar refractivity (Wildman–Crippen MR) is 69.1 cm³/mol. The molecular formula is C14H13Br. The number of halogens is 1. The van der Waals surface area contributed by atoms with E-state index < -0.39 is 0 Å². The molecule has 0 saturated heterocycles. The molecule has 0 aromatic heterocycles. The van der Waals surface area contributed by atoms with Gasteiger partial charge in [0.2, 0.25) is 0 Å². The summed E-state index contributed by atoms with van der Waals surface area (Å²) < 4.78 is 1.12. The number of benzene rings is 2. The second kappa shape index (κ2) is 4.19. The minimum absolute atomic E-state index is 1.12. The molecule has 0 N–H and O–H groups in total. The van der Waals surface area contributed by atoms with Gasteiger partial charge in [0, 0.05) is 4.47 Å². The van der Waals surface area contributed by atoms with Crippen LogP contribution < -0.4 is 0 Å². The van der Waals surface area contributed by atoms with Crippen LogP contribution in [0.25, 0.3) is 11.1 Å². The first-order chi connectivity index (χ1) is 7.15. The third-order valence-electron chi connectivity index (χ3n) is 2.40. The van der Waals surface area contributed by atoms with E-state index in [9.17, 15) is 0 Å². The van der Waals surface area contributed by atoms with E-state index in [1.165, 1.54) is 22.3 Å². The topological polar surface area (TPSA) is 0 Å². The maximum absolute atomic E-state index is 3.45. The number of aryl methyl sites for hydroxylation is 2. The van der Waals surface area contributed by atoms with Crippen LogP contribution in [0.1, 0.15) is 11.1 Å². The molecule has 15 heavy (non-hydrogen) atoms. The van der Waals surface area contributed by atoms with Gasteiger partial charge < -0.3 is 0 Å². The molecule has 0 aliphatic rings. The first kappa shape index (κ1) is 10.4.